The quantitative estimate of drug-likeness (QED) is 0.569. The molecule has 0 unspecified atom stereocenters. The van der Waals surface area contributed by atoms with Gasteiger partial charge >= 0.3 is 0 Å². The van der Waals surface area contributed by atoms with Crippen molar-refractivity contribution < 1.29 is 9.53 Å². The number of hydrogen-bond acceptors (Lipinski definition) is 5. The predicted molar refractivity (Wildman–Crippen MR) is 111 cm³/mol. The average Bonchev–Trinajstić information content (AvgIpc) is 3.08. The molecule has 2 aliphatic heterocycles. The summed E-state index contributed by atoms with van der Waals surface area (Å²) in [5.41, 5.74) is 0.631. The Labute approximate surface area is 169 Å². The summed E-state index contributed by atoms with van der Waals surface area (Å²) in [6.07, 6.45) is 6.57. The van der Waals surface area contributed by atoms with Gasteiger partial charge < -0.3 is 9.64 Å². The number of benzene rings is 1. The number of para-hydroxylation sites is 1. The molecule has 28 heavy (non-hydrogen) atoms. The number of hydrogen-bond donors (Lipinski definition) is 0. The highest BCUT2D eigenvalue weighted by Gasteiger charge is 2.22. The van der Waals surface area contributed by atoms with Gasteiger partial charge in [0.15, 0.2) is 5.16 Å². The van der Waals surface area contributed by atoms with Crippen LogP contribution < -0.4 is 5.56 Å². The number of thioether (sulfide) groups is 1. The summed E-state index contributed by atoms with van der Waals surface area (Å²) in [5, 5.41) is 1.23. The van der Waals surface area contributed by atoms with E-state index in [1.54, 1.807) is 4.57 Å². The minimum absolute atomic E-state index is 0.0429. The molecule has 6 nitrogen and oxygen atoms in total. The third-order valence-corrected chi connectivity index (χ3v) is 6.48. The van der Waals surface area contributed by atoms with Crippen LogP contribution in [0, 0.1) is 0 Å². The second-order valence-corrected chi connectivity index (χ2v) is 8.49. The summed E-state index contributed by atoms with van der Waals surface area (Å²) in [7, 11) is 0. The van der Waals surface area contributed by atoms with Gasteiger partial charge in [0.05, 0.1) is 29.3 Å². The van der Waals surface area contributed by atoms with E-state index in [4.69, 9.17) is 9.72 Å². The first kappa shape index (κ1) is 19.5. The standard InChI is InChI=1S/C21H27N3O3S/c25-19(23-11-5-1-2-6-12-23)15-28-21-22-18-10-4-3-9-17(18)20(26)24(21)14-16-8-7-13-27-16/h3-4,9-10,16H,1-2,5-8,11-15H2/t16-/m0/s1. The molecule has 1 atom stereocenters. The SMILES string of the molecule is O=C(CSc1nc2ccccc2c(=O)n1C[C@@H]1CCCO1)N1CCCCCC1. The number of rotatable bonds is 5. The van der Waals surface area contributed by atoms with Gasteiger partial charge in [0.2, 0.25) is 5.91 Å². The van der Waals surface area contributed by atoms with Gasteiger partial charge in [0.25, 0.3) is 5.56 Å². The van der Waals surface area contributed by atoms with Crippen molar-refractivity contribution in [1.29, 1.82) is 0 Å². The maximum Gasteiger partial charge on any atom is 0.262 e. The molecule has 3 heterocycles. The average molecular weight is 402 g/mol. The monoisotopic (exact) mass is 401 g/mol. The van der Waals surface area contributed by atoms with E-state index in [1.807, 2.05) is 29.2 Å². The highest BCUT2D eigenvalue weighted by atomic mass is 32.2. The second kappa shape index (κ2) is 9.09. The zero-order valence-corrected chi connectivity index (χ0v) is 17.0. The van der Waals surface area contributed by atoms with Crippen molar-refractivity contribution >= 4 is 28.6 Å². The van der Waals surface area contributed by atoms with E-state index in [-0.39, 0.29) is 17.6 Å². The van der Waals surface area contributed by atoms with Crippen LogP contribution in [-0.2, 0) is 16.1 Å². The maximum absolute atomic E-state index is 13.1. The number of ether oxygens (including phenoxy) is 1. The highest BCUT2D eigenvalue weighted by Crippen LogP contribution is 2.22. The first-order valence-electron chi connectivity index (χ1n) is 10.2. The van der Waals surface area contributed by atoms with Gasteiger partial charge in [-0.25, -0.2) is 4.98 Å². The Morgan fingerprint density at radius 3 is 2.68 bits per heavy atom. The molecule has 2 aliphatic rings. The van der Waals surface area contributed by atoms with Crippen LogP contribution in [0.15, 0.2) is 34.2 Å². The lowest BCUT2D eigenvalue weighted by Gasteiger charge is -2.21. The molecule has 2 aromatic rings. The van der Waals surface area contributed by atoms with Crippen LogP contribution in [0.25, 0.3) is 10.9 Å². The predicted octanol–water partition coefficient (Wildman–Crippen LogP) is 3.07. The van der Waals surface area contributed by atoms with E-state index in [0.29, 0.717) is 28.4 Å². The fourth-order valence-electron chi connectivity index (χ4n) is 3.95. The third-order valence-electron chi connectivity index (χ3n) is 5.52. The summed E-state index contributed by atoms with van der Waals surface area (Å²) in [4.78, 5) is 32.5. The number of carbonyl (C=O) groups excluding carboxylic acids is 1. The molecule has 0 N–H and O–H groups in total. The fraction of sp³-hybridized carbons (Fsp3) is 0.571. The van der Waals surface area contributed by atoms with Gasteiger partial charge in [0.1, 0.15) is 0 Å². The molecule has 0 saturated carbocycles. The van der Waals surface area contributed by atoms with E-state index in [2.05, 4.69) is 0 Å². The normalized spacial score (nSPS) is 20.4. The van der Waals surface area contributed by atoms with Gasteiger partial charge in [-0.2, -0.15) is 0 Å². The number of amides is 1. The topological polar surface area (TPSA) is 64.4 Å². The summed E-state index contributed by atoms with van der Waals surface area (Å²) < 4.78 is 7.45. The lowest BCUT2D eigenvalue weighted by molar-refractivity contribution is -0.128. The van der Waals surface area contributed by atoms with Gasteiger partial charge in [0, 0.05) is 19.7 Å². The van der Waals surface area contributed by atoms with Crippen LogP contribution in [0.4, 0.5) is 0 Å². The van der Waals surface area contributed by atoms with Crippen molar-refractivity contribution in [1.82, 2.24) is 14.5 Å². The molecule has 0 radical (unpaired) electrons. The summed E-state index contributed by atoms with van der Waals surface area (Å²) in [6, 6.07) is 7.41. The van der Waals surface area contributed by atoms with Crippen LogP contribution in [0.1, 0.15) is 38.5 Å². The maximum atomic E-state index is 13.1. The van der Waals surface area contributed by atoms with Crippen molar-refractivity contribution in [2.45, 2.75) is 56.3 Å². The fourth-order valence-corrected chi connectivity index (χ4v) is 4.86. The molecular formula is C21H27N3O3S. The van der Waals surface area contributed by atoms with Gasteiger partial charge in [-0.15, -0.1) is 0 Å². The Morgan fingerprint density at radius 2 is 1.93 bits per heavy atom. The molecule has 7 heteroatoms. The zero-order chi connectivity index (χ0) is 19.3. The second-order valence-electron chi connectivity index (χ2n) is 7.55. The van der Waals surface area contributed by atoms with Crippen molar-refractivity contribution in [2.24, 2.45) is 0 Å². The molecule has 1 amide bonds. The Bertz CT molecular complexity index is 884. The first-order valence-corrected chi connectivity index (χ1v) is 11.2. The summed E-state index contributed by atoms with van der Waals surface area (Å²) in [5.74, 6) is 0.453. The molecule has 4 rings (SSSR count). The van der Waals surface area contributed by atoms with E-state index in [9.17, 15) is 9.59 Å². The largest absolute Gasteiger partial charge is 0.376 e. The molecule has 0 aliphatic carbocycles. The van der Waals surface area contributed by atoms with Crippen LogP contribution in [0.2, 0.25) is 0 Å². The van der Waals surface area contributed by atoms with Gasteiger partial charge in [-0.1, -0.05) is 36.7 Å². The van der Waals surface area contributed by atoms with Crippen LogP contribution in [0.3, 0.4) is 0 Å². The molecule has 1 aromatic carbocycles. The summed E-state index contributed by atoms with van der Waals surface area (Å²) in [6.45, 7) is 2.92. The molecule has 2 saturated heterocycles. The van der Waals surface area contributed by atoms with Crippen molar-refractivity contribution in [2.75, 3.05) is 25.4 Å². The Balaban J connectivity index is 1.57. The Morgan fingerprint density at radius 1 is 1.14 bits per heavy atom. The van der Waals surface area contributed by atoms with E-state index >= 15 is 0 Å². The number of likely N-dealkylation sites (tertiary alicyclic amines) is 1. The van der Waals surface area contributed by atoms with Crippen molar-refractivity contribution in [3.05, 3.63) is 34.6 Å². The Kier molecular flexibility index (Phi) is 6.32. The smallest absolute Gasteiger partial charge is 0.262 e. The minimum atomic E-state index is -0.0502. The van der Waals surface area contributed by atoms with Gasteiger partial charge in [-0.05, 0) is 37.8 Å². The van der Waals surface area contributed by atoms with Crippen LogP contribution >= 0.6 is 11.8 Å². The number of fused-ring (bicyclic) bond motifs is 1. The molecule has 0 bridgehead atoms. The highest BCUT2D eigenvalue weighted by molar-refractivity contribution is 7.99. The lowest BCUT2D eigenvalue weighted by atomic mass is 10.2. The summed E-state index contributed by atoms with van der Waals surface area (Å²) >= 11 is 1.37. The van der Waals surface area contributed by atoms with Crippen molar-refractivity contribution in [3.63, 3.8) is 0 Å². The van der Waals surface area contributed by atoms with Crippen LogP contribution in [0.5, 0.6) is 0 Å². The minimum Gasteiger partial charge on any atom is -0.376 e. The molecule has 150 valence electrons. The Hall–Kier alpha value is -1.86. The third kappa shape index (κ3) is 4.41. The number of carbonyl (C=O) groups is 1. The molecule has 2 fully saturated rings. The molecule has 0 spiro atoms. The lowest BCUT2D eigenvalue weighted by Crippen LogP contribution is -2.34. The van der Waals surface area contributed by atoms with Crippen molar-refractivity contribution in [3.8, 4) is 0 Å². The number of nitrogens with zero attached hydrogens (tertiary/aromatic N) is 3. The van der Waals surface area contributed by atoms with Crippen LogP contribution in [-0.4, -0.2) is 51.9 Å². The van der Waals surface area contributed by atoms with E-state index in [0.717, 1.165) is 45.4 Å². The van der Waals surface area contributed by atoms with Gasteiger partial charge in [-0.3, -0.25) is 14.2 Å². The van der Waals surface area contributed by atoms with E-state index < -0.39 is 0 Å². The molecule has 1 aromatic heterocycles. The first-order chi connectivity index (χ1) is 13.7. The zero-order valence-electron chi connectivity index (χ0n) is 16.1. The molecular weight excluding hydrogens is 374 g/mol. The van der Waals surface area contributed by atoms with E-state index in [1.165, 1.54) is 24.6 Å². The number of aromatic nitrogens is 2.